The van der Waals surface area contributed by atoms with E-state index in [2.05, 4.69) is 43.4 Å². The van der Waals surface area contributed by atoms with Gasteiger partial charge in [-0.05, 0) is 24.5 Å². The highest BCUT2D eigenvalue weighted by Crippen LogP contribution is 2.08. The fraction of sp³-hybridized carbons (Fsp3) is 0.533. The minimum absolute atomic E-state index is 0.243. The number of nitrogens with one attached hydrogen (secondary N) is 1. The van der Waals surface area contributed by atoms with Gasteiger partial charge in [-0.2, -0.15) is 0 Å². The van der Waals surface area contributed by atoms with E-state index in [-0.39, 0.29) is 5.91 Å². The zero-order valence-corrected chi connectivity index (χ0v) is 11.3. The first-order chi connectivity index (χ1) is 8.69. The summed E-state index contributed by atoms with van der Waals surface area (Å²) < 4.78 is 0. The molecule has 18 heavy (non-hydrogen) atoms. The van der Waals surface area contributed by atoms with Gasteiger partial charge in [-0.25, -0.2) is 0 Å². The maximum absolute atomic E-state index is 12.2. The third-order valence-corrected chi connectivity index (χ3v) is 3.51. The Balaban J connectivity index is 1.93. The van der Waals surface area contributed by atoms with Gasteiger partial charge in [0.1, 0.15) is 0 Å². The van der Waals surface area contributed by atoms with Crippen LogP contribution in [0.15, 0.2) is 24.3 Å². The van der Waals surface area contributed by atoms with E-state index in [0.29, 0.717) is 12.5 Å². The molecular formula is C15H22N2O. The van der Waals surface area contributed by atoms with Crippen molar-refractivity contribution in [3.05, 3.63) is 35.4 Å². The number of benzene rings is 1. The first-order valence-electron chi connectivity index (χ1n) is 6.78. The number of amides is 1. The van der Waals surface area contributed by atoms with Crippen molar-refractivity contribution in [2.24, 2.45) is 0 Å². The SMILES string of the molecule is CCc1ccc(CC(=O)N2CCNC(C)C2)cc1. The van der Waals surface area contributed by atoms with E-state index in [1.165, 1.54) is 5.56 Å². The normalized spacial score (nSPS) is 19.9. The van der Waals surface area contributed by atoms with Crippen LogP contribution in [0.25, 0.3) is 0 Å². The highest BCUT2D eigenvalue weighted by Gasteiger charge is 2.20. The van der Waals surface area contributed by atoms with E-state index in [1.54, 1.807) is 0 Å². The molecule has 0 aliphatic carbocycles. The van der Waals surface area contributed by atoms with E-state index in [1.807, 2.05) is 4.90 Å². The summed E-state index contributed by atoms with van der Waals surface area (Å²) in [4.78, 5) is 14.1. The molecule has 1 aliphatic heterocycles. The second-order valence-corrected chi connectivity index (χ2v) is 5.04. The number of carbonyl (C=O) groups is 1. The van der Waals surface area contributed by atoms with E-state index in [4.69, 9.17) is 0 Å². The highest BCUT2D eigenvalue weighted by atomic mass is 16.2. The molecule has 1 saturated heterocycles. The quantitative estimate of drug-likeness (QED) is 0.879. The lowest BCUT2D eigenvalue weighted by Gasteiger charge is -2.32. The molecule has 0 radical (unpaired) electrons. The number of hydrogen-bond acceptors (Lipinski definition) is 2. The zero-order chi connectivity index (χ0) is 13.0. The van der Waals surface area contributed by atoms with Crippen molar-refractivity contribution in [1.29, 1.82) is 0 Å². The van der Waals surface area contributed by atoms with E-state index >= 15 is 0 Å². The summed E-state index contributed by atoms with van der Waals surface area (Å²) in [6.45, 7) is 6.82. The Morgan fingerprint density at radius 3 is 2.61 bits per heavy atom. The Bertz CT molecular complexity index is 399. The molecule has 98 valence electrons. The maximum Gasteiger partial charge on any atom is 0.227 e. The van der Waals surface area contributed by atoms with Crippen molar-refractivity contribution in [3.63, 3.8) is 0 Å². The molecule has 1 unspecified atom stereocenters. The first kappa shape index (κ1) is 13.1. The minimum Gasteiger partial charge on any atom is -0.340 e. The molecular weight excluding hydrogens is 224 g/mol. The molecule has 0 spiro atoms. The highest BCUT2D eigenvalue weighted by molar-refractivity contribution is 5.79. The molecule has 1 amide bonds. The molecule has 1 aromatic carbocycles. The molecule has 2 rings (SSSR count). The minimum atomic E-state index is 0.243. The Hall–Kier alpha value is -1.35. The summed E-state index contributed by atoms with van der Waals surface area (Å²) in [5.41, 5.74) is 2.44. The lowest BCUT2D eigenvalue weighted by molar-refractivity contribution is -0.131. The van der Waals surface area contributed by atoms with Gasteiger partial charge in [-0.1, -0.05) is 31.2 Å². The van der Waals surface area contributed by atoms with Crippen LogP contribution in [0.4, 0.5) is 0 Å². The van der Waals surface area contributed by atoms with Crippen LogP contribution in [0.1, 0.15) is 25.0 Å². The topological polar surface area (TPSA) is 32.3 Å². The van der Waals surface area contributed by atoms with Crippen LogP contribution in [0.3, 0.4) is 0 Å². The summed E-state index contributed by atoms with van der Waals surface area (Å²) in [6.07, 6.45) is 1.57. The Morgan fingerprint density at radius 2 is 2.00 bits per heavy atom. The molecule has 0 aromatic heterocycles. The van der Waals surface area contributed by atoms with Gasteiger partial charge in [-0.3, -0.25) is 4.79 Å². The summed E-state index contributed by atoms with van der Waals surface area (Å²) in [6, 6.07) is 8.78. The predicted molar refractivity (Wildman–Crippen MR) is 73.6 cm³/mol. The average Bonchev–Trinajstić information content (AvgIpc) is 2.39. The van der Waals surface area contributed by atoms with E-state index in [0.717, 1.165) is 31.6 Å². The largest absolute Gasteiger partial charge is 0.340 e. The van der Waals surface area contributed by atoms with E-state index in [9.17, 15) is 4.79 Å². The van der Waals surface area contributed by atoms with Gasteiger partial charge in [0.2, 0.25) is 5.91 Å². The lowest BCUT2D eigenvalue weighted by Crippen LogP contribution is -2.51. The molecule has 1 aliphatic rings. The van der Waals surface area contributed by atoms with Crippen LogP contribution >= 0.6 is 0 Å². The second-order valence-electron chi connectivity index (χ2n) is 5.04. The number of rotatable bonds is 3. The summed E-state index contributed by atoms with van der Waals surface area (Å²) in [7, 11) is 0. The smallest absolute Gasteiger partial charge is 0.227 e. The van der Waals surface area contributed by atoms with Crippen molar-refractivity contribution < 1.29 is 4.79 Å². The molecule has 1 N–H and O–H groups in total. The number of piperazine rings is 1. The van der Waals surface area contributed by atoms with Crippen molar-refractivity contribution in [2.75, 3.05) is 19.6 Å². The van der Waals surface area contributed by atoms with Crippen LogP contribution in [0.2, 0.25) is 0 Å². The fourth-order valence-corrected chi connectivity index (χ4v) is 2.34. The lowest BCUT2D eigenvalue weighted by atomic mass is 10.1. The molecule has 1 fully saturated rings. The third-order valence-electron chi connectivity index (χ3n) is 3.51. The van der Waals surface area contributed by atoms with Gasteiger partial charge in [0.15, 0.2) is 0 Å². The van der Waals surface area contributed by atoms with Crippen molar-refractivity contribution in [1.82, 2.24) is 10.2 Å². The zero-order valence-electron chi connectivity index (χ0n) is 11.3. The third kappa shape index (κ3) is 3.33. The molecule has 1 aromatic rings. The van der Waals surface area contributed by atoms with E-state index < -0.39 is 0 Å². The van der Waals surface area contributed by atoms with Crippen LogP contribution in [-0.2, 0) is 17.6 Å². The van der Waals surface area contributed by atoms with Gasteiger partial charge < -0.3 is 10.2 Å². The van der Waals surface area contributed by atoms with Crippen LogP contribution < -0.4 is 5.32 Å². The standard InChI is InChI=1S/C15H22N2O/c1-3-13-4-6-14(7-5-13)10-15(18)17-9-8-16-12(2)11-17/h4-7,12,16H,3,8-11H2,1-2H3. The number of carbonyl (C=O) groups excluding carboxylic acids is 1. The number of nitrogens with zero attached hydrogens (tertiary/aromatic N) is 1. The molecule has 1 heterocycles. The summed E-state index contributed by atoms with van der Waals surface area (Å²) in [5, 5.41) is 3.35. The maximum atomic E-state index is 12.2. The average molecular weight is 246 g/mol. The molecule has 3 heteroatoms. The second kappa shape index (κ2) is 6.01. The van der Waals surface area contributed by atoms with Gasteiger partial charge in [0.25, 0.3) is 0 Å². The molecule has 1 atom stereocenters. The predicted octanol–water partition coefficient (Wildman–Crippen LogP) is 1.61. The van der Waals surface area contributed by atoms with Crippen molar-refractivity contribution >= 4 is 5.91 Å². The monoisotopic (exact) mass is 246 g/mol. The first-order valence-corrected chi connectivity index (χ1v) is 6.78. The van der Waals surface area contributed by atoms with Gasteiger partial charge in [0, 0.05) is 25.7 Å². The fourth-order valence-electron chi connectivity index (χ4n) is 2.34. The van der Waals surface area contributed by atoms with Crippen LogP contribution in [-0.4, -0.2) is 36.5 Å². The Morgan fingerprint density at radius 1 is 1.33 bits per heavy atom. The van der Waals surface area contributed by atoms with Gasteiger partial charge in [-0.15, -0.1) is 0 Å². The van der Waals surface area contributed by atoms with Gasteiger partial charge >= 0.3 is 0 Å². The Labute approximate surface area is 109 Å². The Kier molecular flexibility index (Phi) is 4.37. The summed E-state index contributed by atoms with van der Waals surface area (Å²) >= 11 is 0. The summed E-state index contributed by atoms with van der Waals surface area (Å²) in [5.74, 6) is 0.243. The van der Waals surface area contributed by atoms with Crippen LogP contribution in [0.5, 0.6) is 0 Å². The van der Waals surface area contributed by atoms with Crippen molar-refractivity contribution in [3.8, 4) is 0 Å². The molecule has 0 saturated carbocycles. The molecule has 0 bridgehead atoms. The number of aryl methyl sites for hydroxylation is 1. The van der Waals surface area contributed by atoms with Gasteiger partial charge in [0.05, 0.1) is 6.42 Å². The molecule has 3 nitrogen and oxygen atoms in total. The van der Waals surface area contributed by atoms with Crippen LogP contribution in [0, 0.1) is 0 Å². The van der Waals surface area contributed by atoms with Crippen molar-refractivity contribution in [2.45, 2.75) is 32.7 Å². The number of hydrogen-bond donors (Lipinski definition) is 1.